The number of nitrogens with one attached hydrogen (secondary N) is 1. The molecule has 1 aromatic rings. The summed E-state index contributed by atoms with van der Waals surface area (Å²) >= 11 is 0. The molecule has 0 aliphatic carbocycles. The summed E-state index contributed by atoms with van der Waals surface area (Å²) in [4.78, 5) is 4.27. The van der Waals surface area contributed by atoms with Crippen LogP contribution >= 0.6 is 0 Å². The first kappa shape index (κ1) is 11.8. The average molecular weight is 207 g/mol. The molecule has 3 heteroatoms. The van der Waals surface area contributed by atoms with Crippen molar-refractivity contribution < 1.29 is 0 Å². The van der Waals surface area contributed by atoms with Gasteiger partial charge in [-0.1, -0.05) is 20.8 Å². The number of rotatable bonds is 4. The molecule has 1 rings (SSSR count). The van der Waals surface area contributed by atoms with Gasteiger partial charge in [0.2, 0.25) is 0 Å². The molecule has 0 fully saturated rings. The van der Waals surface area contributed by atoms with E-state index in [-0.39, 0.29) is 0 Å². The van der Waals surface area contributed by atoms with Crippen molar-refractivity contribution in [1.29, 1.82) is 0 Å². The summed E-state index contributed by atoms with van der Waals surface area (Å²) in [6, 6.07) is 1.94. The first-order valence-electron chi connectivity index (χ1n) is 5.46. The molecule has 1 heterocycles. The Labute approximate surface area is 92.1 Å². The fraction of sp³-hybridized carbons (Fsp3) is 0.583. The molecule has 0 saturated carbocycles. The normalized spacial score (nSPS) is 12.9. The van der Waals surface area contributed by atoms with Gasteiger partial charge in [0.15, 0.2) is 0 Å². The first-order chi connectivity index (χ1) is 7.00. The molecule has 0 aliphatic heterocycles. The summed E-state index contributed by atoms with van der Waals surface area (Å²) in [7, 11) is 0. The number of aryl methyl sites for hydroxylation is 1. The van der Waals surface area contributed by atoms with Gasteiger partial charge in [0.25, 0.3) is 0 Å². The van der Waals surface area contributed by atoms with Gasteiger partial charge in [-0.05, 0) is 30.4 Å². The minimum Gasteiger partial charge on any atom is -0.396 e. The van der Waals surface area contributed by atoms with Crippen molar-refractivity contribution in [3.8, 4) is 0 Å². The van der Waals surface area contributed by atoms with E-state index in [4.69, 9.17) is 5.73 Å². The Kier molecular flexibility index (Phi) is 3.95. The number of nitrogen functional groups attached to an aromatic ring is 1. The third-order valence-electron chi connectivity index (χ3n) is 2.78. The lowest BCUT2D eigenvalue weighted by Gasteiger charge is -2.17. The van der Waals surface area contributed by atoms with E-state index in [9.17, 15) is 0 Å². The van der Waals surface area contributed by atoms with Gasteiger partial charge in [0, 0.05) is 12.7 Å². The van der Waals surface area contributed by atoms with Crippen molar-refractivity contribution >= 4 is 11.5 Å². The van der Waals surface area contributed by atoms with Gasteiger partial charge in [-0.2, -0.15) is 0 Å². The van der Waals surface area contributed by atoms with Gasteiger partial charge in [-0.15, -0.1) is 0 Å². The Bertz CT molecular complexity index is 321. The minimum atomic E-state index is 0.618. The van der Waals surface area contributed by atoms with Gasteiger partial charge >= 0.3 is 0 Å². The lowest BCUT2D eigenvalue weighted by atomic mass is 9.98. The van der Waals surface area contributed by atoms with Crippen LogP contribution in [0.15, 0.2) is 12.3 Å². The highest BCUT2D eigenvalue weighted by atomic mass is 15.0. The lowest BCUT2D eigenvalue weighted by Crippen LogP contribution is -2.17. The predicted octanol–water partition coefficient (Wildman–Crippen LogP) is 2.68. The van der Waals surface area contributed by atoms with Gasteiger partial charge in [0.05, 0.1) is 5.69 Å². The molecule has 3 N–H and O–H groups in total. The van der Waals surface area contributed by atoms with Crippen LogP contribution in [0, 0.1) is 18.8 Å². The smallest absolute Gasteiger partial charge is 0.149 e. The molecule has 0 amide bonds. The molecule has 84 valence electrons. The zero-order valence-corrected chi connectivity index (χ0v) is 10.0. The van der Waals surface area contributed by atoms with Crippen molar-refractivity contribution in [3.63, 3.8) is 0 Å². The van der Waals surface area contributed by atoms with E-state index in [0.29, 0.717) is 11.8 Å². The van der Waals surface area contributed by atoms with Crippen LogP contribution < -0.4 is 11.1 Å². The van der Waals surface area contributed by atoms with Crippen LogP contribution in [0.2, 0.25) is 0 Å². The molecule has 15 heavy (non-hydrogen) atoms. The molecule has 0 bridgehead atoms. The summed E-state index contributed by atoms with van der Waals surface area (Å²) in [5.41, 5.74) is 7.68. The van der Waals surface area contributed by atoms with Crippen LogP contribution in [0.3, 0.4) is 0 Å². The molecule has 0 aromatic carbocycles. The number of hydrogen-bond acceptors (Lipinski definition) is 3. The van der Waals surface area contributed by atoms with E-state index < -0.39 is 0 Å². The minimum absolute atomic E-state index is 0.618. The van der Waals surface area contributed by atoms with E-state index >= 15 is 0 Å². The lowest BCUT2D eigenvalue weighted by molar-refractivity contribution is 0.439. The SMILES string of the molecule is Cc1cnc(NCC(C)C(C)C)c(N)c1. The van der Waals surface area contributed by atoms with Crippen LogP contribution in [0.4, 0.5) is 11.5 Å². The highest BCUT2D eigenvalue weighted by molar-refractivity contribution is 5.61. The van der Waals surface area contributed by atoms with Crippen LogP contribution in [-0.2, 0) is 0 Å². The molecule has 0 saturated heterocycles. The topological polar surface area (TPSA) is 50.9 Å². The second kappa shape index (κ2) is 5.01. The molecule has 0 spiro atoms. The molecule has 0 radical (unpaired) electrons. The average Bonchev–Trinajstić information content (AvgIpc) is 2.15. The van der Waals surface area contributed by atoms with Gasteiger partial charge in [-0.25, -0.2) is 4.98 Å². The number of hydrogen-bond donors (Lipinski definition) is 2. The maximum absolute atomic E-state index is 5.86. The Hall–Kier alpha value is -1.25. The van der Waals surface area contributed by atoms with Crippen molar-refractivity contribution in [1.82, 2.24) is 4.98 Å². The third-order valence-corrected chi connectivity index (χ3v) is 2.78. The fourth-order valence-electron chi connectivity index (χ4n) is 1.23. The monoisotopic (exact) mass is 207 g/mol. The Morgan fingerprint density at radius 2 is 2.07 bits per heavy atom. The molecule has 3 nitrogen and oxygen atoms in total. The van der Waals surface area contributed by atoms with Crippen molar-refractivity contribution in [3.05, 3.63) is 17.8 Å². The molecule has 0 aliphatic rings. The highest BCUT2D eigenvalue weighted by Gasteiger charge is 2.08. The largest absolute Gasteiger partial charge is 0.396 e. The Balaban J connectivity index is 2.58. The number of aromatic nitrogens is 1. The van der Waals surface area contributed by atoms with Crippen LogP contribution in [0.5, 0.6) is 0 Å². The van der Waals surface area contributed by atoms with Gasteiger partial charge in [-0.3, -0.25) is 0 Å². The Morgan fingerprint density at radius 1 is 1.40 bits per heavy atom. The standard InChI is InChI=1S/C12H21N3/c1-8(2)10(4)7-15-12-11(13)5-9(3)6-14-12/h5-6,8,10H,7,13H2,1-4H3,(H,14,15). The van der Waals surface area contributed by atoms with E-state index in [1.165, 1.54) is 0 Å². The fourth-order valence-corrected chi connectivity index (χ4v) is 1.23. The second-order valence-corrected chi connectivity index (χ2v) is 4.55. The van der Waals surface area contributed by atoms with E-state index in [2.05, 4.69) is 31.1 Å². The van der Waals surface area contributed by atoms with E-state index in [0.717, 1.165) is 23.6 Å². The molecule has 1 unspecified atom stereocenters. The maximum Gasteiger partial charge on any atom is 0.149 e. The van der Waals surface area contributed by atoms with Gasteiger partial charge < -0.3 is 11.1 Å². The van der Waals surface area contributed by atoms with E-state index in [1.54, 1.807) is 0 Å². The zero-order valence-electron chi connectivity index (χ0n) is 10.0. The van der Waals surface area contributed by atoms with Crippen LogP contribution in [0.25, 0.3) is 0 Å². The Morgan fingerprint density at radius 3 is 2.60 bits per heavy atom. The number of pyridine rings is 1. The number of nitrogens with zero attached hydrogens (tertiary/aromatic N) is 1. The molecule has 1 aromatic heterocycles. The summed E-state index contributed by atoms with van der Waals surface area (Å²) in [6.07, 6.45) is 1.83. The zero-order chi connectivity index (χ0) is 11.4. The molecular formula is C12H21N3. The van der Waals surface area contributed by atoms with E-state index in [1.807, 2.05) is 19.2 Å². The highest BCUT2D eigenvalue weighted by Crippen LogP contribution is 2.17. The van der Waals surface area contributed by atoms with Crippen LogP contribution in [0.1, 0.15) is 26.3 Å². The number of nitrogens with two attached hydrogens (primary N) is 1. The molecular weight excluding hydrogens is 186 g/mol. The number of anilines is 2. The predicted molar refractivity (Wildman–Crippen MR) is 65.9 cm³/mol. The summed E-state index contributed by atoms with van der Waals surface area (Å²) in [5, 5.41) is 3.29. The molecule has 1 atom stereocenters. The maximum atomic E-state index is 5.86. The second-order valence-electron chi connectivity index (χ2n) is 4.55. The quantitative estimate of drug-likeness (QED) is 0.798. The first-order valence-corrected chi connectivity index (χ1v) is 5.46. The third kappa shape index (κ3) is 3.42. The summed E-state index contributed by atoms with van der Waals surface area (Å²) in [5.74, 6) is 2.09. The van der Waals surface area contributed by atoms with Gasteiger partial charge in [0.1, 0.15) is 5.82 Å². The van der Waals surface area contributed by atoms with Crippen LogP contribution in [-0.4, -0.2) is 11.5 Å². The van der Waals surface area contributed by atoms with Crippen molar-refractivity contribution in [2.75, 3.05) is 17.6 Å². The summed E-state index contributed by atoms with van der Waals surface area (Å²) in [6.45, 7) is 9.57. The van der Waals surface area contributed by atoms with Crippen molar-refractivity contribution in [2.24, 2.45) is 11.8 Å². The summed E-state index contributed by atoms with van der Waals surface area (Å²) < 4.78 is 0. The van der Waals surface area contributed by atoms with Crippen molar-refractivity contribution in [2.45, 2.75) is 27.7 Å².